The van der Waals surface area contributed by atoms with E-state index in [0.717, 1.165) is 62.3 Å². The van der Waals surface area contributed by atoms with Crippen molar-refractivity contribution in [2.45, 2.75) is 54.0 Å². The van der Waals surface area contributed by atoms with Gasteiger partial charge in [0, 0.05) is 32.6 Å². The van der Waals surface area contributed by atoms with Gasteiger partial charge in [-0.05, 0) is 43.9 Å². The molecule has 0 aliphatic carbocycles. The van der Waals surface area contributed by atoms with E-state index in [0.29, 0.717) is 19.1 Å². The van der Waals surface area contributed by atoms with Crippen molar-refractivity contribution >= 4 is 29.9 Å². The van der Waals surface area contributed by atoms with Crippen LogP contribution in [-0.2, 0) is 19.4 Å². The number of nitrogens with zero attached hydrogens (tertiary/aromatic N) is 4. The molecule has 0 aliphatic heterocycles. The summed E-state index contributed by atoms with van der Waals surface area (Å²) in [5.74, 6) is 3.92. The highest BCUT2D eigenvalue weighted by Crippen LogP contribution is 2.28. The number of rotatable bonds is 13. The summed E-state index contributed by atoms with van der Waals surface area (Å²) in [6.45, 7) is 14.7. The predicted octanol–water partition coefficient (Wildman–Crippen LogP) is 3.69. The van der Waals surface area contributed by atoms with E-state index in [1.165, 1.54) is 5.56 Å². The molecule has 0 fully saturated rings. The molecule has 1 heterocycles. The maximum Gasteiger partial charge on any atom is 0.191 e. The quantitative estimate of drug-likeness (QED) is 0.222. The maximum atomic E-state index is 5.74. The Kier molecular flexibility index (Phi) is 13.7. The minimum Gasteiger partial charge on any atom is -0.490 e. The zero-order chi connectivity index (χ0) is 22.5. The van der Waals surface area contributed by atoms with Crippen LogP contribution in [0.4, 0.5) is 0 Å². The molecule has 1 aromatic carbocycles. The normalized spacial score (nSPS) is 11.2. The van der Waals surface area contributed by atoms with E-state index in [1.807, 2.05) is 19.9 Å². The van der Waals surface area contributed by atoms with Crippen LogP contribution in [0.3, 0.4) is 0 Å². The summed E-state index contributed by atoms with van der Waals surface area (Å²) in [7, 11) is 0. The van der Waals surface area contributed by atoms with Crippen molar-refractivity contribution in [2.24, 2.45) is 10.9 Å². The zero-order valence-electron chi connectivity index (χ0n) is 20.1. The van der Waals surface area contributed by atoms with Crippen LogP contribution < -0.4 is 20.1 Å². The third-order valence-corrected chi connectivity index (χ3v) is 4.59. The number of benzene rings is 1. The van der Waals surface area contributed by atoms with Crippen molar-refractivity contribution in [3.63, 3.8) is 0 Å². The molecule has 1 aromatic heterocycles. The van der Waals surface area contributed by atoms with Crippen molar-refractivity contribution in [3.05, 3.63) is 35.9 Å². The number of nitrogens with one attached hydrogen (secondary N) is 2. The first kappa shape index (κ1) is 28.0. The number of guanidine groups is 1. The van der Waals surface area contributed by atoms with E-state index in [-0.39, 0.29) is 24.0 Å². The molecule has 0 bridgehead atoms. The van der Waals surface area contributed by atoms with Crippen molar-refractivity contribution in [1.82, 2.24) is 25.4 Å². The van der Waals surface area contributed by atoms with Crippen molar-refractivity contribution in [2.75, 3.05) is 32.8 Å². The van der Waals surface area contributed by atoms with Gasteiger partial charge in [-0.15, -0.1) is 34.2 Å². The van der Waals surface area contributed by atoms with Gasteiger partial charge in [0.1, 0.15) is 12.2 Å². The highest BCUT2D eigenvalue weighted by Gasteiger charge is 2.07. The topological polar surface area (TPSA) is 85.6 Å². The van der Waals surface area contributed by atoms with Gasteiger partial charge >= 0.3 is 0 Å². The first-order chi connectivity index (χ1) is 15.1. The molecule has 2 N–H and O–H groups in total. The van der Waals surface area contributed by atoms with E-state index in [2.05, 4.69) is 58.3 Å². The highest BCUT2D eigenvalue weighted by atomic mass is 127. The summed E-state index contributed by atoms with van der Waals surface area (Å²) in [6, 6.07) is 6.14. The SMILES string of the molecule is CCOc1ccc(CCNC(=NCC(C)C)NCCn2cnnc2CC)cc1OCC.I. The number of hydrogen-bond donors (Lipinski definition) is 2. The van der Waals surface area contributed by atoms with Crippen LogP contribution in [0.5, 0.6) is 11.5 Å². The van der Waals surface area contributed by atoms with Gasteiger partial charge in [-0.2, -0.15) is 0 Å². The second-order valence-corrected chi connectivity index (χ2v) is 7.63. The van der Waals surface area contributed by atoms with E-state index < -0.39 is 0 Å². The first-order valence-corrected chi connectivity index (χ1v) is 11.3. The molecule has 0 spiro atoms. The summed E-state index contributed by atoms with van der Waals surface area (Å²) in [5, 5.41) is 15.0. The van der Waals surface area contributed by atoms with Crippen LogP contribution in [0, 0.1) is 5.92 Å². The van der Waals surface area contributed by atoms with Crippen LogP contribution in [0.25, 0.3) is 0 Å². The summed E-state index contributed by atoms with van der Waals surface area (Å²) < 4.78 is 13.5. The number of ether oxygens (including phenoxy) is 2. The lowest BCUT2D eigenvalue weighted by molar-refractivity contribution is 0.287. The van der Waals surface area contributed by atoms with E-state index in [9.17, 15) is 0 Å². The Morgan fingerprint density at radius 3 is 2.47 bits per heavy atom. The Morgan fingerprint density at radius 1 is 1.06 bits per heavy atom. The van der Waals surface area contributed by atoms with Crippen LogP contribution in [-0.4, -0.2) is 53.6 Å². The lowest BCUT2D eigenvalue weighted by Gasteiger charge is -2.15. The van der Waals surface area contributed by atoms with E-state index >= 15 is 0 Å². The summed E-state index contributed by atoms with van der Waals surface area (Å²) in [5.41, 5.74) is 1.19. The first-order valence-electron chi connectivity index (χ1n) is 11.3. The highest BCUT2D eigenvalue weighted by molar-refractivity contribution is 14.0. The molecule has 180 valence electrons. The minimum absolute atomic E-state index is 0. The molecule has 2 aromatic rings. The minimum atomic E-state index is 0. The Hall–Kier alpha value is -2.04. The van der Waals surface area contributed by atoms with Gasteiger partial charge < -0.3 is 24.7 Å². The van der Waals surface area contributed by atoms with E-state index in [1.54, 1.807) is 6.33 Å². The molecule has 0 unspecified atom stereocenters. The standard InChI is InChI=1S/C23H38N6O2.HI/c1-6-22-28-27-17-29(22)14-13-25-23(26-16-18(4)5)24-12-11-19-9-10-20(30-7-2)21(15-19)31-8-3;/h9-10,15,17-18H,6-8,11-14,16H2,1-5H3,(H2,24,25,26);1H. The van der Waals surface area contributed by atoms with Gasteiger partial charge in [0.05, 0.1) is 13.2 Å². The fraction of sp³-hybridized carbons (Fsp3) is 0.609. The molecule has 0 saturated heterocycles. The smallest absolute Gasteiger partial charge is 0.191 e. The second kappa shape index (κ2) is 15.7. The Bertz CT molecular complexity index is 810. The molecule has 2 rings (SSSR count). The van der Waals surface area contributed by atoms with Crippen LogP contribution in [0.15, 0.2) is 29.5 Å². The largest absolute Gasteiger partial charge is 0.490 e. The van der Waals surface area contributed by atoms with E-state index in [4.69, 9.17) is 14.5 Å². The summed E-state index contributed by atoms with van der Waals surface area (Å²) in [6.07, 6.45) is 3.51. The van der Waals surface area contributed by atoms with Crippen LogP contribution in [0.1, 0.15) is 46.0 Å². The lowest BCUT2D eigenvalue weighted by Crippen LogP contribution is -2.40. The average molecular weight is 559 g/mol. The van der Waals surface area contributed by atoms with Gasteiger partial charge in [0.15, 0.2) is 17.5 Å². The second-order valence-electron chi connectivity index (χ2n) is 7.63. The molecule has 8 nitrogen and oxygen atoms in total. The molecule has 0 radical (unpaired) electrons. The van der Waals surface area contributed by atoms with Gasteiger partial charge in [-0.1, -0.05) is 26.8 Å². The predicted molar refractivity (Wildman–Crippen MR) is 140 cm³/mol. The van der Waals surface area contributed by atoms with Gasteiger partial charge in [-0.3, -0.25) is 4.99 Å². The third kappa shape index (κ3) is 9.62. The number of hydrogen-bond acceptors (Lipinski definition) is 5. The monoisotopic (exact) mass is 558 g/mol. The number of halogens is 1. The zero-order valence-corrected chi connectivity index (χ0v) is 22.4. The summed E-state index contributed by atoms with van der Waals surface area (Å²) >= 11 is 0. The maximum absolute atomic E-state index is 5.74. The third-order valence-electron chi connectivity index (χ3n) is 4.59. The number of aromatic nitrogens is 3. The molecule has 9 heteroatoms. The Labute approximate surface area is 209 Å². The molecule has 0 aliphatic rings. The van der Waals surface area contributed by atoms with Gasteiger partial charge in [0.2, 0.25) is 0 Å². The fourth-order valence-corrected chi connectivity index (χ4v) is 3.06. The Balaban J connectivity index is 0.00000512. The van der Waals surface area contributed by atoms with Crippen molar-refractivity contribution < 1.29 is 9.47 Å². The van der Waals surface area contributed by atoms with Gasteiger partial charge in [0.25, 0.3) is 0 Å². The average Bonchev–Trinajstić information content (AvgIpc) is 3.21. The van der Waals surface area contributed by atoms with Crippen LogP contribution >= 0.6 is 24.0 Å². The van der Waals surface area contributed by atoms with Gasteiger partial charge in [-0.25, -0.2) is 0 Å². The molecular weight excluding hydrogens is 519 g/mol. The molecule has 0 atom stereocenters. The number of aliphatic imine (C=N–C) groups is 1. The molecule has 32 heavy (non-hydrogen) atoms. The lowest BCUT2D eigenvalue weighted by atomic mass is 10.1. The molecule has 0 saturated carbocycles. The fourth-order valence-electron chi connectivity index (χ4n) is 3.06. The van der Waals surface area contributed by atoms with Crippen molar-refractivity contribution in [1.29, 1.82) is 0 Å². The molecular formula is C23H39IN6O2. The molecule has 0 amide bonds. The number of aryl methyl sites for hydroxylation is 1. The summed E-state index contributed by atoms with van der Waals surface area (Å²) in [4.78, 5) is 4.71. The Morgan fingerprint density at radius 2 is 1.78 bits per heavy atom. The van der Waals surface area contributed by atoms with Crippen molar-refractivity contribution in [3.8, 4) is 11.5 Å². The van der Waals surface area contributed by atoms with Crippen LogP contribution in [0.2, 0.25) is 0 Å².